The first-order valence-electron chi connectivity index (χ1n) is 9.74. The van der Waals surface area contributed by atoms with Crippen LogP contribution in [0.5, 0.6) is 5.75 Å². The summed E-state index contributed by atoms with van der Waals surface area (Å²) in [6.45, 7) is 11.1. The second-order valence-corrected chi connectivity index (χ2v) is 7.94. The van der Waals surface area contributed by atoms with Crippen LogP contribution in [0, 0.1) is 11.8 Å². The van der Waals surface area contributed by atoms with E-state index >= 15 is 0 Å². The van der Waals surface area contributed by atoms with Crippen molar-refractivity contribution in [2.24, 2.45) is 11.8 Å². The molecule has 1 aromatic rings. The summed E-state index contributed by atoms with van der Waals surface area (Å²) >= 11 is 0. The molecule has 1 amide bonds. The summed E-state index contributed by atoms with van der Waals surface area (Å²) < 4.78 is 5.72. The van der Waals surface area contributed by atoms with E-state index in [0.29, 0.717) is 0 Å². The highest BCUT2D eigenvalue weighted by Gasteiger charge is 2.32. The molecule has 3 rings (SSSR count). The zero-order chi connectivity index (χ0) is 17.8. The number of benzene rings is 1. The Morgan fingerprint density at radius 1 is 1.08 bits per heavy atom. The largest absolute Gasteiger partial charge is 0.491 e. The van der Waals surface area contributed by atoms with Crippen molar-refractivity contribution in [3.63, 3.8) is 0 Å². The van der Waals surface area contributed by atoms with E-state index in [0.717, 1.165) is 37.2 Å². The number of amides is 1. The number of carbonyl (C=O) groups is 1. The first-order valence-corrected chi connectivity index (χ1v) is 9.74. The van der Waals surface area contributed by atoms with E-state index in [4.69, 9.17) is 4.74 Å². The number of piperidine rings is 1. The molecule has 0 aliphatic carbocycles. The quantitative estimate of drug-likeness (QED) is 0.819. The smallest absolute Gasteiger partial charge is 0.219 e. The van der Waals surface area contributed by atoms with Gasteiger partial charge in [0.25, 0.3) is 0 Å². The second-order valence-electron chi connectivity index (χ2n) is 7.94. The van der Waals surface area contributed by atoms with Crippen molar-refractivity contribution in [3.05, 3.63) is 29.8 Å². The SMILES string of the molecule is CC(=O)N1CCC(C2CCN(Cc3ccc(OC(C)C)cc3)C2)CC1. The van der Waals surface area contributed by atoms with Gasteiger partial charge >= 0.3 is 0 Å². The highest BCUT2D eigenvalue weighted by atomic mass is 16.5. The summed E-state index contributed by atoms with van der Waals surface area (Å²) in [5.41, 5.74) is 1.36. The molecule has 1 atom stereocenters. The van der Waals surface area contributed by atoms with Gasteiger partial charge in [0.05, 0.1) is 6.10 Å². The summed E-state index contributed by atoms with van der Waals surface area (Å²) in [5.74, 6) is 2.78. The Labute approximate surface area is 152 Å². The molecular formula is C21H32N2O2. The summed E-state index contributed by atoms with van der Waals surface area (Å²) in [6.07, 6.45) is 3.89. The fraction of sp³-hybridized carbons (Fsp3) is 0.667. The molecule has 0 aromatic heterocycles. The van der Waals surface area contributed by atoms with Crippen LogP contribution >= 0.6 is 0 Å². The zero-order valence-electron chi connectivity index (χ0n) is 15.9. The zero-order valence-corrected chi connectivity index (χ0v) is 15.9. The van der Waals surface area contributed by atoms with Gasteiger partial charge in [0.1, 0.15) is 5.75 Å². The third-order valence-corrected chi connectivity index (χ3v) is 5.66. The summed E-state index contributed by atoms with van der Waals surface area (Å²) in [6, 6.07) is 8.55. The normalized spacial score (nSPS) is 22.6. The molecule has 2 aliphatic heterocycles. The van der Waals surface area contributed by atoms with E-state index in [2.05, 4.69) is 43.0 Å². The van der Waals surface area contributed by atoms with Crippen LogP contribution in [0.4, 0.5) is 0 Å². The van der Waals surface area contributed by atoms with Crippen molar-refractivity contribution in [1.82, 2.24) is 9.80 Å². The molecule has 2 saturated heterocycles. The summed E-state index contributed by atoms with van der Waals surface area (Å²) in [7, 11) is 0. The van der Waals surface area contributed by atoms with E-state index in [1.165, 1.54) is 37.9 Å². The minimum Gasteiger partial charge on any atom is -0.491 e. The topological polar surface area (TPSA) is 32.8 Å². The van der Waals surface area contributed by atoms with Gasteiger partial charge < -0.3 is 9.64 Å². The Morgan fingerprint density at radius 3 is 2.32 bits per heavy atom. The number of rotatable bonds is 5. The average molecular weight is 344 g/mol. The van der Waals surface area contributed by atoms with E-state index in [9.17, 15) is 4.79 Å². The van der Waals surface area contributed by atoms with Crippen LogP contribution in [-0.2, 0) is 11.3 Å². The maximum atomic E-state index is 11.5. The van der Waals surface area contributed by atoms with Gasteiger partial charge in [-0.15, -0.1) is 0 Å². The van der Waals surface area contributed by atoms with Crippen molar-refractivity contribution >= 4 is 5.91 Å². The predicted octanol–water partition coefficient (Wildman–Crippen LogP) is 3.55. The third kappa shape index (κ3) is 4.97. The van der Waals surface area contributed by atoms with Gasteiger partial charge in [-0.25, -0.2) is 0 Å². The van der Waals surface area contributed by atoms with Crippen molar-refractivity contribution in [3.8, 4) is 5.75 Å². The molecule has 25 heavy (non-hydrogen) atoms. The first-order chi connectivity index (χ1) is 12.0. The minimum absolute atomic E-state index is 0.222. The standard InChI is InChI=1S/C21H32N2O2/c1-16(2)25-21-6-4-18(5-7-21)14-22-11-8-20(15-22)19-9-12-23(13-10-19)17(3)24/h4-7,16,19-20H,8-15H2,1-3H3. The fourth-order valence-corrected chi connectivity index (χ4v) is 4.28. The molecule has 4 nitrogen and oxygen atoms in total. The number of nitrogens with zero attached hydrogens (tertiary/aromatic N) is 2. The minimum atomic E-state index is 0.222. The first kappa shape index (κ1) is 18.2. The maximum Gasteiger partial charge on any atom is 0.219 e. The Kier molecular flexibility index (Phi) is 6.00. The Morgan fingerprint density at radius 2 is 1.72 bits per heavy atom. The van der Waals surface area contributed by atoms with Crippen LogP contribution in [0.3, 0.4) is 0 Å². The number of likely N-dealkylation sites (tertiary alicyclic amines) is 2. The van der Waals surface area contributed by atoms with Crippen molar-refractivity contribution < 1.29 is 9.53 Å². The number of hydrogen-bond acceptors (Lipinski definition) is 3. The number of carbonyl (C=O) groups excluding carboxylic acids is 1. The summed E-state index contributed by atoms with van der Waals surface area (Å²) in [5, 5.41) is 0. The predicted molar refractivity (Wildman–Crippen MR) is 101 cm³/mol. The van der Waals surface area contributed by atoms with Crippen molar-refractivity contribution in [2.45, 2.75) is 52.7 Å². The molecule has 2 aliphatic rings. The van der Waals surface area contributed by atoms with Crippen LogP contribution in [0.1, 0.15) is 45.6 Å². The van der Waals surface area contributed by atoms with Gasteiger partial charge in [0, 0.05) is 33.1 Å². The van der Waals surface area contributed by atoms with Crippen LogP contribution in [-0.4, -0.2) is 48.0 Å². The molecule has 1 aromatic carbocycles. The fourth-order valence-electron chi connectivity index (χ4n) is 4.28. The summed E-state index contributed by atoms with van der Waals surface area (Å²) in [4.78, 5) is 16.1. The third-order valence-electron chi connectivity index (χ3n) is 5.66. The molecular weight excluding hydrogens is 312 g/mol. The molecule has 0 spiro atoms. The van der Waals surface area contributed by atoms with Gasteiger partial charge in [-0.1, -0.05) is 12.1 Å². The van der Waals surface area contributed by atoms with Gasteiger partial charge in [-0.3, -0.25) is 9.69 Å². The maximum absolute atomic E-state index is 11.5. The Hall–Kier alpha value is -1.55. The van der Waals surface area contributed by atoms with Gasteiger partial charge in [-0.2, -0.15) is 0 Å². The van der Waals surface area contributed by atoms with E-state index in [-0.39, 0.29) is 12.0 Å². The lowest BCUT2D eigenvalue weighted by atomic mass is 9.84. The van der Waals surface area contributed by atoms with Crippen molar-refractivity contribution in [1.29, 1.82) is 0 Å². The number of hydrogen-bond donors (Lipinski definition) is 0. The molecule has 2 heterocycles. The Balaban J connectivity index is 1.46. The van der Waals surface area contributed by atoms with E-state index in [1.807, 2.05) is 4.90 Å². The van der Waals surface area contributed by atoms with Crippen molar-refractivity contribution in [2.75, 3.05) is 26.2 Å². The second kappa shape index (κ2) is 8.22. The van der Waals surface area contributed by atoms with Gasteiger partial charge in [0.2, 0.25) is 5.91 Å². The van der Waals surface area contributed by atoms with E-state index in [1.54, 1.807) is 6.92 Å². The molecule has 0 N–H and O–H groups in total. The van der Waals surface area contributed by atoms with Crippen LogP contribution < -0.4 is 4.74 Å². The molecule has 4 heteroatoms. The molecule has 0 bridgehead atoms. The van der Waals surface area contributed by atoms with E-state index < -0.39 is 0 Å². The Bertz CT molecular complexity index is 562. The molecule has 1 unspecified atom stereocenters. The lowest BCUT2D eigenvalue weighted by Gasteiger charge is -2.34. The molecule has 0 radical (unpaired) electrons. The monoisotopic (exact) mass is 344 g/mol. The highest BCUT2D eigenvalue weighted by molar-refractivity contribution is 5.73. The van der Waals surface area contributed by atoms with Crippen LogP contribution in [0.2, 0.25) is 0 Å². The van der Waals surface area contributed by atoms with Gasteiger partial charge in [-0.05, 0) is 69.2 Å². The van der Waals surface area contributed by atoms with Crippen LogP contribution in [0.25, 0.3) is 0 Å². The lowest BCUT2D eigenvalue weighted by Crippen LogP contribution is -2.39. The van der Waals surface area contributed by atoms with Crippen LogP contribution in [0.15, 0.2) is 24.3 Å². The van der Waals surface area contributed by atoms with Gasteiger partial charge in [0.15, 0.2) is 0 Å². The average Bonchev–Trinajstić information content (AvgIpc) is 3.05. The highest BCUT2D eigenvalue weighted by Crippen LogP contribution is 2.32. The number of ether oxygens (including phenoxy) is 1. The molecule has 0 saturated carbocycles. The molecule has 2 fully saturated rings. The lowest BCUT2D eigenvalue weighted by molar-refractivity contribution is -0.130. The molecule has 138 valence electrons.